The number of nitrogens with zero attached hydrogens (tertiary/aromatic N) is 1. The first-order valence-corrected chi connectivity index (χ1v) is 8.37. The molecule has 19 heavy (non-hydrogen) atoms. The van der Waals surface area contributed by atoms with Crippen molar-refractivity contribution in [3.63, 3.8) is 0 Å². The molecule has 110 valence electrons. The van der Waals surface area contributed by atoms with Crippen LogP contribution in [0.3, 0.4) is 0 Å². The summed E-state index contributed by atoms with van der Waals surface area (Å²) in [5.74, 6) is -0.323. The summed E-state index contributed by atoms with van der Waals surface area (Å²) < 4.78 is 24.1. The lowest BCUT2D eigenvalue weighted by atomic mass is 9.97. The summed E-state index contributed by atoms with van der Waals surface area (Å²) in [7, 11) is -0.328. The van der Waals surface area contributed by atoms with Gasteiger partial charge in [-0.25, -0.2) is 12.7 Å². The summed E-state index contributed by atoms with van der Waals surface area (Å²) in [6, 6.07) is 0. The van der Waals surface area contributed by atoms with Gasteiger partial charge in [0.25, 0.3) is 0 Å². The Morgan fingerprint density at radius 1 is 1.37 bits per heavy atom. The van der Waals surface area contributed by atoms with Crippen LogP contribution in [-0.2, 0) is 14.8 Å². The second-order valence-electron chi connectivity index (χ2n) is 5.06. The summed E-state index contributed by atoms with van der Waals surface area (Å²) in [4.78, 5) is 11.5. The lowest BCUT2D eigenvalue weighted by Crippen LogP contribution is -2.30. The topological polar surface area (TPSA) is 66.5 Å². The third-order valence-electron chi connectivity index (χ3n) is 3.30. The van der Waals surface area contributed by atoms with E-state index in [1.807, 2.05) is 0 Å². The molecule has 0 aromatic heterocycles. The van der Waals surface area contributed by atoms with E-state index < -0.39 is 10.0 Å². The van der Waals surface area contributed by atoms with Gasteiger partial charge in [0.2, 0.25) is 15.9 Å². The maximum Gasteiger partial charge on any atom is 0.221 e. The molecule has 0 spiro atoms. The summed E-state index contributed by atoms with van der Waals surface area (Å²) >= 11 is 0. The number of rotatable bonds is 7. The number of allylic oxidation sites excluding steroid dienone is 1. The summed E-state index contributed by atoms with van der Waals surface area (Å²) in [5.41, 5.74) is 1.41. The second kappa shape index (κ2) is 7.65. The Kier molecular flexibility index (Phi) is 6.51. The second-order valence-corrected chi connectivity index (χ2v) is 7.36. The zero-order valence-corrected chi connectivity index (χ0v) is 12.6. The van der Waals surface area contributed by atoms with Gasteiger partial charge in [0.1, 0.15) is 0 Å². The molecule has 0 aliphatic heterocycles. The Hall–Kier alpha value is -0.880. The van der Waals surface area contributed by atoms with E-state index in [0.717, 1.165) is 23.6 Å². The Morgan fingerprint density at radius 3 is 2.68 bits per heavy atom. The van der Waals surface area contributed by atoms with Crippen molar-refractivity contribution in [3.05, 3.63) is 11.6 Å². The molecule has 1 aliphatic carbocycles. The van der Waals surface area contributed by atoms with Crippen molar-refractivity contribution in [1.29, 1.82) is 0 Å². The van der Waals surface area contributed by atoms with Gasteiger partial charge in [0.15, 0.2) is 0 Å². The van der Waals surface area contributed by atoms with Crippen LogP contribution < -0.4 is 5.32 Å². The Labute approximate surface area is 116 Å². The number of carbonyl (C=O) groups is 1. The maximum absolute atomic E-state index is 11.5. The van der Waals surface area contributed by atoms with Crippen molar-refractivity contribution in [1.82, 2.24) is 9.62 Å². The normalized spacial score (nSPS) is 16.3. The highest BCUT2D eigenvalue weighted by Crippen LogP contribution is 2.19. The van der Waals surface area contributed by atoms with E-state index in [0.29, 0.717) is 6.54 Å². The minimum atomic E-state index is -3.28. The maximum atomic E-state index is 11.5. The minimum absolute atomic E-state index is 0.0273. The van der Waals surface area contributed by atoms with E-state index in [2.05, 4.69) is 11.4 Å². The molecule has 1 rings (SSSR count). The molecular weight excluding hydrogens is 264 g/mol. The number of hydrogen-bond donors (Lipinski definition) is 1. The SMILES string of the molecule is CN(C)S(=O)(=O)CCC(=O)NCCC1=CCCCC1. The van der Waals surface area contributed by atoms with Gasteiger partial charge < -0.3 is 5.32 Å². The Bertz CT molecular complexity index is 427. The number of sulfonamides is 1. The first-order valence-electron chi connectivity index (χ1n) is 6.76. The molecule has 1 amide bonds. The van der Waals surface area contributed by atoms with Crippen molar-refractivity contribution in [2.24, 2.45) is 0 Å². The van der Waals surface area contributed by atoms with Gasteiger partial charge in [-0.3, -0.25) is 4.79 Å². The molecule has 0 saturated heterocycles. The van der Waals surface area contributed by atoms with E-state index in [1.54, 1.807) is 0 Å². The zero-order chi connectivity index (χ0) is 14.3. The Morgan fingerprint density at radius 2 is 2.11 bits per heavy atom. The largest absolute Gasteiger partial charge is 0.356 e. The van der Waals surface area contributed by atoms with Crippen LogP contribution in [0.5, 0.6) is 0 Å². The lowest BCUT2D eigenvalue weighted by Gasteiger charge is -2.13. The molecule has 0 saturated carbocycles. The van der Waals surface area contributed by atoms with Crippen molar-refractivity contribution in [3.8, 4) is 0 Å². The first-order chi connectivity index (χ1) is 8.92. The fourth-order valence-electron chi connectivity index (χ4n) is 1.99. The smallest absolute Gasteiger partial charge is 0.221 e. The molecule has 0 heterocycles. The molecule has 1 N–H and O–H groups in total. The van der Waals surface area contributed by atoms with Gasteiger partial charge in [-0.05, 0) is 32.1 Å². The van der Waals surface area contributed by atoms with Crippen LogP contribution in [0, 0.1) is 0 Å². The molecule has 0 aromatic rings. The molecule has 0 radical (unpaired) electrons. The monoisotopic (exact) mass is 288 g/mol. The van der Waals surface area contributed by atoms with Crippen LogP contribution in [0.25, 0.3) is 0 Å². The van der Waals surface area contributed by atoms with Gasteiger partial charge in [-0.15, -0.1) is 0 Å². The van der Waals surface area contributed by atoms with Crippen LogP contribution in [0.2, 0.25) is 0 Å². The van der Waals surface area contributed by atoms with E-state index in [1.165, 1.54) is 32.5 Å². The van der Waals surface area contributed by atoms with E-state index in [9.17, 15) is 13.2 Å². The standard InChI is InChI=1S/C13H24N2O3S/c1-15(2)19(17,18)11-9-13(16)14-10-8-12-6-4-3-5-7-12/h6H,3-5,7-11H2,1-2H3,(H,14,16). The molecule has 1 aliphatic rings. The van der Waals surface area contributed by atoms with Gasteiger partial charge >= 0.3 is 0 Å². The highest BCUT2D eigenvalue weighted by molar-refractivity contribution is 7.89. The van der Waals surface area contributed by atoms with E-state index >= 15 is 0 Å². The van der Waals surface area contributed by atoms with Crippen LogP contribution in [-0.4, -0.2) is 45.0 Å². The van der Waals surface area contributed by atoms with Gasteiger partial charge in [-0.1, -0.05) is 11.6 Å². The third-order valence-corrected chi connectivity index (χ3v) is 5.13. The van der Waals surface area contributed by atoms with Gasteiger partial charge in [0, 0.05) is 27.1 Å². The molecule has 6 heteroatoms. The van der Waals surface area contributed by atoms with Crippen LogP contribution in [0.15, 0.2) is 11.6 Å². The predicted molar refractivity (Wildman–Crippen MR) is 76.3 cm³/mol. The molecule has 0 aromatic carbocycles. The highest BCUT2D eigenvalue weighted by Gasteiger charge is 2.15. The molecule has 0 atom stereocenters. The van der Waals surface area contributed by atoms with Crippen molar-refractivity contribution < 1.29 is 13.2 Å². The fourth-order valence-corrected chi connectivity index (χ4v) is 2.80. The Balaban J connectivity index is 2.20. The van der Waals surface area contributed by atoms with Crippen LogP contribution >= 0.6 is 0 Å². The number of carbonyl (C=O) groups excluding carboxylic acids is 1. The number of amides is 1. The summed E-state index contributed by atoms with van der Waals surface area (Å²) in [6.07, 6.45) is 7.94. The predicted octanol–water partition coefficient (Wildman–Crippen LogP) is 1.27. The number of hydrogen-bond acceptors (Lipinski definition) is 3. The quantitative estimate of drug-likeness (QED) is 0.718. The van der Waals surface area contributed by atoms with Gasteiger partial charge in [0.05, 0.1) is 5.75 Å². The minimum Gasteiger partial charge on any atom is -0.356 e. The molecule has 0 bridgehead atoms. The third kappa shape index (κ3) is 6.20. The summed E-state index contributed by atoms with van der Waals surface area (Å²) in [6.45, 7) is 0.604. The summed E-state index contributed by atoms with van der Waals surface area (Å²) in [5, 5.41) is 2.78. The van der Waals surface area contributed by atoms with E-state index in [-0.39, 0.29) is 18.1 Å². The first kappa shape index (κ1) is 16.2. The zero-order valence-electron chi connectivity index (χ0n) is 11.8. The van der Waals surface area contributed by atoms with Crippen molar-refractivity contribution in [2.75, 3.05) is 26.4 Å². The molecule has 0 fully saturated rings. The average molecular weight is 288 g/mol. The molecule has 0 unspecified atom stereocenters. The highest BCUT2D eigenvalue weighted by atomic mass is 32.2. The molecular formula is C13H24N2O3S. The van der Waals surface area contributed by atoms with Crippen molar-refractivity contribution >= 4 is 15.9 Å². The van der Waals surface area contributed by atoms with Crippen LogP contribution in [0.4, 0.5) is 0 Å². The van der Waals surface area contributed by atoms with E-state index in [4.69, 9.17) is 0 Å². The fraction of sp³-hybridized carbons (Fsp3) is 0.769. The van der Waals surface area contributed by atoms with Gasteiger partial charge in [-0.2, -0.15) is 0 Å². The lowest BCUT2D eigenvalue weighted by molar-refractivity contribution is -0.120. The van der Waals surface area contributed by atoms with Crippen molar-refractivity contribution in [2.45, 2.75) is 38.5 Å². The van der Waals surface area contributed by atoms with Crippen LogP contribution in [0.1, 0.15) is 38.5 Å². The molecule has 5 nitrogen and oxygen atoms in total. The number of nitrogens with one attached hydrogen (secondary N) is 1. The average Bonchev–Trinajstić information content (AvgIpc) is 2.37.